The Labute approximate surface area is 188 Å². The first-order valence-electron chi connectivity index (χ1n) is 10.5. The number of carbonyl (C=O) groups excluding carboxylic acids is 1. The lowest BCUT2D eigenvalue weighted by atomic mass is 10.2. The number of hydrogen-bond donors (Lipinski definition) is 2. The summed E-state index contributed by atoms with van der Waals surface area (Å²) in [5, 5.41) is 2.91. The average Bonchev–Trinajstić information content (AvgIpc) is 3.40. The molecule has 0 bridgehead atoms. The molecule has 33 heavy (non-hydrogen) atoms. The number of hydrogen-bond acceptors (Lipinski definition) is 6. The van der Waals surface area contributed by atoms with E-state index in [4.69, 9.17) is 25.2 Å². The summed E-state index contributed by atoms with van der Waals surface area (Å²) >= 11 is 0. The van der Waals surface area contributed by atoms with E-state index in [0.717, 1.165) is 11.1 Å². The SMILES string of the molecule is Nc1c(C(=O)Nc2ccc3c(c2)OCO3)c2nc3ccccc3nc2n1Cc1ccccc1. The smallest absolute Gasteiger partial charge is 0.261 e. The third-order valence-corrected chi connectivity index (χ3v) is 5.63. The average molecular weight is 437 g/mol. The molecule has 0 saturated carbocycles. The maximum Gasteiger partial charge on any atom is 0.261 e. The van der Waals surface area contributed by atoms with Gasteiger partial charge in [0.1, 0.15) is 16.9 Å². The number of nitrogen functional groups attached to an aromatic ring is 1. The molecule has 0 saturated heterocycles. The normalized spacial score (nSPS) is 12.4. The van der Waals surface area contributed by atoms with Gasteiger partial charge in [-0.05, 0) is 29.8 Å². The van der Waals surface area contributed by atoms with Gasteiger partial charge in [-0.3, -0.25) is 4.79 Å². The molecule has 8 heteroatoms. The summed E-state index contributed by atoms with van der Waals surface area (Å²) in [6.07, 6.45) is 0. The number of rotatable bonds is 4. The Bertz CT molecular complexity index is 1530. The van der Waals surface area contributed by atoms with Crippen LogP contribution in [0.4, 0.5) is 11.5 Å². The van der Waals surface area contributed by atoms with Crippen LogP contribution in [-0.2, 0) is 6.54 Å². The molecule has 162 valence electrons. The summed E-state index contributed by atoms with van der Waals surface area (Å²) in [5.74, 6) is 1.16. The Morgan fingerprint density at radius 1 is 0.939 bits per heavy atom. The van der Waals surface area contributed by atoms with Crippen LogP contribution in [-0.4, -0.2) is 27.2 Å². The molecule has 1 aliphatic rings. The van der Waals surface area contributed by atoms with Crippen LogP contribution in [0.1, 0.15) is 15.9 Å². The molecular weight excluding hydrogens is 418 g/mol. The molecule has 3 heterocycles. The molecule has 0 spiro atoms. The second kappa shape index (κ2) is 7.52. The Balaban J connectivity index is 1.48. The standard InChI is InChI=1S/C25H19N5O3/c26-23-21(25(31)27-16-10-11-19-20(12-16)33-14-32-19)22-24(29-18-9-5-4-8-17(18)28-22)30(23)13-15-6-2-1-3-7-15/h1-12H,13-14,26H2,(H,27,31). The lowest BCUT2D eigenvalue weighted by Crippen LogP contribution is -2.15. The van der Waals surface area contributed by atoms with Gasteiger partial charge in [-0.15, -0.1) is 0 Å². The van der Waals surface area contributed by atoms with Crippen molar-refractivity contribution in [2.45, 2.75) is 6.54 Å². The fraction of sp³-hybridized carbons (Fsp3) is 0.0800. The Morgan fingerprint density at radius 2 is 1.67 bits per heavy atom. The Morgan fingerprint density at radius 3 is 2.48 bits per heavy atom. The maximum absolute atomic E-state index is 13.4. The van der Waals surface area contributed by atoms with Crippen LogP contribution >= 0.6 is 0 Å². The lowest BCUT2D eigenvalue weighted by Gasteiger charge is -2.09. The van der Waals surface area contributed by atoms with E-state index in [-0.39, 0.29) is 18.3 Å². The van der Waals surface area contributed by atoms with Crippen molar-refractivity contribution < 1.29 is 14.3 Å². The van der Waals surface area contributed by atoms with E-state index in [1.165, 1.54) is 0 Å². The zero-order valence-electron chi connectivity index (χ0n) is 17.5. The molecule has 1 amide bonds. The number of nitrogens with two attached hydrogens (primary N) is 1. The highest BCUT2D eigenvalue weighted by Crippen LogP contribution is 2.35. The minimum Gasteiger partial charge on any atom is -0.454 e. The fourth-order valence-corrected chi connectivity index (χ4v) is 4.03. The molecule has 0 unspecified atom stereocenters. The van der Waals surface area contributed by atoms with Crippen LogP contribution in [0, 0.1) is 0 Å². The van der Waals surface area contributed by atoms with Gasteiger partial charge in [0.05, 0.1) is 17.6 Å². The molecule has 3 N–H and O–H groups in total. The van der Waals surface area contributed by atoms with Gasteiger partial charge in [0.2, 0.25) is 6.79 Å². The van der Waals surface area contributed by atoms with E-state index >= 15 is 0 Å². The molecule has 3 aromatic carbocycles. The van der Waals surface area contributed by atoms with Crippen LogP contribution in [0.3, 0.4) is 0 Å². The topological polar surface area (TPSA) is 104 Å². The molecule has 6 rings (SSSR count). The van der Waals surface area contributed by atoms with Crippen molar-refractivity contribution in [2.24, 2.45) is 0 Å². The van der Waals surface area contributed by atoms with E-state index in [2.05, 4.69) is 5.32 Å². The van der Waals surface area contributed by atoms with Gasteiger partial charge < -0.3 is 25.1 Å². The fourth-order valence-electron chi connectivity index (χ4n) is 4.03. The summed E-state index contributed by atoms with van der Waals surface area (Å²) in [6, 6.07) is 22.7. The maximum atomic E-state index is 13.4. The van der Waals surface area contributed by atoms with Crippen molar-refractivity contribution in [1.82, 2.24) is 14.5 Å². The van der Waals surface area contributed by atoms with Crippen LogP contribution in [0.25, 0.3) is 22.2 Å². The van der Waals surface area contributed by atoms with Crippen LogP contribution in [0.5, 0.6) is 11.5 Å². The molecule has 5 aromatic rings. The largest absolute Gasteiger partial charge is 0.454 e. The molecule has 0 radical (unpaired) electrons. The number of carbonyl (C=O) groups is 1. The van der Waals surface area contributed by atoms with Crippen molar-refractivity contribution in [3.05, 3.63) is 83.9 Å². The molecular formula is C25H19N5O3. The van der Waals surface area contributed by atoms with Crippen LogP contribution in [0.15, 0.2) is 72.8 Å². The summed E-state index contributed by atoms with van der Waals surface area (Å²) in [6.45, 7) is 0.628. The second-order valence-electron chi connectivity index (χ2n) is 7.74. The van der Waals surface area contributed by atoms with E-state index in [1.807, 2.05) is 59.2 Å². The van der Waals surface area contributed by atoms with Gasteiger partial charge in [0, 0.05) is 11.8 Å². The molecule has 2 aromatic heterocycles. The number of nitrogens with zero attached hydrogens (tertiary/aromatic N) is 3. The van der Waals surface area contributed by atoms with E-state index < -0.39 is 0 Å². The minimum atomic E-state index is -0.368. The van der Waals surface area contributed by atoms with Crippen molar-refractivity contribution in [3.63, 3.8) is 0 Å². The number of para-hydroxylation sites is 2. The highest BCUT2D eigenvalue weighted by atomic mass is 16.7. The van der Waals surface area contributed by atoms with E-state index in [9.17, 15) is 4.79 Å². The summed E-state index contributed by atoms with van der Waals surface area (Å²) in [4.78, 5) is 23.0. The summed E-state index contributed by atoms with van der Waals surface area (Å²) < 4.78 is 12.6. The first-order chi connectivity index (χ1) is 16.2. The molecule has 0 aliphatic carbocycles. The first-order valence-corrected chi connectivity index (χ1v) is 10.5. The third kappa shape index (κ3) is 3.28. The zero-order chi connectivity index (χ0) is 22.4. The van der Waals surface area contributed by atoms with E-state index in [0.29, 0.717) is 46.2 Å². The highest BCUT2D eigenvalue weighted by molar-refractivity contribution is 6.16. The molecule has 1 aliphatic heterocycles. The highest BCUT2D eigenvalue weighted by Gasteiger charge is 2.25. The number of anilines is 2. The molecule has 0 atom stereocenters. The lowest BCUT2D eigenvalue weighted by molar-refractivity contribution is 0.102. The van der Waals surface area contributed by atoms with Crippen molar-refractivity contribution in [2.75, 3.05) is 17.8 Å². The monoisotopic (exact) mass is 437 g/mol. The Kier molecular flexibility index (Phi) is 4.36. The number of benzene rings is 3. The van der Waals surface area contributed by atoms with Gasteiger partial charge in [-0.2, -0.15) is 0 Å². The predicted octanol–water partition coefficient (Wildman–Crippen LogP) is 4.20. The van der Waals surface area contributed by atoms with Gasteiger partial charge in [0.15, 0.2) is 17.1 Å². The summed E-state index contributed by atoms with van der Waals surface area (Å²) in [7, 11) is 0. The predicted molar refractivity (Wildman–Crippen MR) is 126 cm³/mol. The quantitative estimate of drug-likeness (QED) is 0.437. The minimum absolute atomic E-state index is 0.162. The number of aromatic nitrogens is 3. The third-order valence-electron chi connectivity index (χ3n) is 5.63. The zero-order valence-corrected chi connectivity index (χ0v) is 17.5. The summed E-state index contributed by atoms with van der Waals surface area (Å²) in [5.41, 5.74) is 10.9. The number of fused-ring (bicyclic) bond motifs is 3. The number of nitrogens with one attached hydrogen (secondary N) is 1. The molecule has 8 nitrogen and oxygen atoms in total. The van der Waals surface area contributed by atoms with Gasteiger partial charge in [0.25, 0.3) is 5.91 Å². The Hall–Kier alpha value is -4.59. The van der Waals surface area contributed by atoms with E-state index in [1.54, 1.807) is 18.2 Å². The van der Waals surface area contributed by atoms with Crippen molar-refractivity contribution in [1.29, 1.82) is 0 Å². The molecule has 0 fully saturated rings. The second-order valence-corrected chi connectivity index (χ2v) is 7.74. The van der Waals surface area contributed by atoms with Gasteiger partial charge in [-0.1, -0.05) is 42.5 Å². The number of amides is 1. The first kappa shape index (κ1) is 19.1. The van der Waals surface area contributed by atoms with Gasteiger partial charge in [-0.25, -0.2) is 9.97 Å². The van der Waals surface area contributed by atoms with Crippen LogP contribution in [0.2, 0.25) is 0 Å². The van der Waals surface area contributed by atoms with Crippen molar-refractivity contribution >= 4 is 39.6 Å². The van der Waals surface area contributed by atoms with Gasteiger partial charge >= 0.3 is 0 Å². The number of ether oxygens (including phenoxy) is 2. The van der Waals surface area contributed by atoms with Crippen molar-refractivity contribution in [3.8, 4) is 11.5 Å². The van der Waals surface area contributed by atoms with Crippen LogP contribution < -0.4 is 20.5 Å².